The van der Waals surface area contributed by atoms with Gasteiger partial charge in [0, 0.05) is 30.1 Å². The Balaban J connectivity index is 1.07. The average Bonchev–Trinajstić information content (AvgIpc) is 3.56. The number of hydrogen-bond donors (Lipinski definition) is 2. The SMILES string of the molecule is O=C(NCC(=O)N1CCC(c2nc3ccccc3[nH]2)CC1)c1ccc2noc(-c3ccccc3)c2c1. The first kappa shape index (κ1) is 22.0. The minimum atomic E-state index is -0.303. The van der Waals surface area contributed by atoms with Gasteiger partial charge in [-0.05, 0) is 43.2 Å². The molecule has 6 rings (SSSR count). The van der Waals surface area contributed by atoms with Crippen LogP contribution in [-0.2, 0) is 4.79 Å². The maximum absolute atomic E-state index is 12.8. The van der Waals surface area contributed by atoms with Crippen LogP contribution in [0.4, 0.5) is 0 Å². The fourth-order valence-electron chi connectivity index (χ4n) is 4.82. The molecule has 8 nitrogen and oxygen atoms in total. The summed E-state index contributed by atoms with van der Waals surface area (Å²) in [4.78, 5) is 35.6. The Morgan fingerprint density at radius 3 is 2.56 bits per heavy atom. The molecule has 0 unspecified atom stereocenters. The first-order chi connectivity index (χ1) is 17.7. The summed E-state index contributed by atoms with van der Waals surface area (Å²) in [6.45, 7) is 1.24. The summed E-state index contributed by atoms with van der Waals surface area (Å²) < 4.78 is 5.52. The van der Waals surface area contributed by atoms with Gasteiger partial charge in [0.05, 0.1) is 23.0 Å². The maximum Gasteiger partial charge on any atom is 0.251 e. The zero-order chi connectivity index (χ0) is 24.5. The lowest BCUT2D eigenvalue weighted by Crippen LogP contribution is -2.43. The summed E-state index contributed by atoms with van der Waals surface area (Å²) in [6.07, 6.45) is 1.68. The molecule has 0 saturated carbocycles. The highest BCUT2D eigenvalue weighted by atomic mass is 16.5. The number of carbonyl (C=O) groups is 2. The van der Waals surface area contributed by atoms with E-state index in [4.69, 9.17) is 9.51 Å². The van der Waals surface area contributed by atoms with Gasteiger partial charge in [-0.2, -0.15) is 0 Å². The van der Waals surface area contributed by atoms with E-state index < -0.39 is 0 Å². The Bertz CT molecular complexity index is 1510. The van der Waals surface area contributed by atoms with Crippen LogP contribution in [-0.4, -0.2) is 51.5 Å². The first-order valence-electron chi connectivity index (χ1n) is 12.1. The number of nitrogens with one attached hydrogen (secondary N) is 2. The van der Waals surface area contributed by atoms with Crippen LogP contribution >= 0.6 is 0 Å². The highest BCUT2D eigenvalue weighted by Gasteiger charge is 2.26. The van der Waals surface area contributed by atoms with Crippen molar-refractivity contribution in [1.29, 1.82) is 0 Å². The van der Waals surface area contributed by atoms with Crippen molar-refractivity contribution < 1.29 is 14.1 Å². The molecule has 2 N–H and O–H groups in total. The topological polar surface area (TPSA) is 104 Å². The van der Waals surface area contributed by atoms with Crippen molar-refractivity contribution in [2.45, 2.75) is 18.8 Å². The largest absolute Gasteiger partial charge is 0.355 e. The molecule has 5 aromatic rings. The van der Waals surface area contributed by atoms with Gasteiger partial charge in [0.25, 0.3) is 5.91 Å². The van der Waals surface area contributed by atoms with Crippen LogP contribution < -0.4 is 5.32 Å². The number of likely N-dealkylation sites (tertiary alicyclic amines) is 1. The molecule has 2 aromatic heterocycles. The van der Waals surface area contributed by atoms with Crippen molar-refractivity contribution in [2.24, 2.45) is 0 Å². The van der Waals surface area contributed by atoms with E-state index in [1.807, 2.05) is 59.5 Å². The molecule has 3 heterocycles. The Morgan fingerprint density at radius 2 is 1.75 bits per heavy atom. The minimum absolute atomic E-state index is 0.0403. The van der Waals surface area contributed by atoms with Crippen LogP contribution in [0.2, 0.25) is 0 Å². The fraction of sp³-hybridized carbons (Fsp3) is 0.214. The number of fused-ring (bicyclic) bond motifs is 2. The number of aromatic amines is 1. The van der Waals surface area contributed by atoms with Crippen molar-refractivity contribution in [1.82, 2.24) is 25.3 Å². The van der Waals surface area contributed by atoms with Crippen LogP contribution in [0.1, 0.15) is 34.9 Å². The van der Waals surface area contributed by atoms with Gasteiger partial charge in [-0.1, -0.05) is 47.6 Å². The quantitative estimate of drug-likeness (QED) is 0.386. The molecule has 0 radical (unpaired) electrons. The van der Waals surface area contributed by atoms with Gasteiger partial charge in [0.15, 0.2) is 5.76 Å². The highest BCUT2D eigenvalue weighted by Crippen LogP contribution is 2.30. The lowest BCUT2D eigenvalue weighted by atomic mass is 9.96. The number of para-hydroxylation sites is 2. The number of piperidine rings is 1. The summed E-state index contributed by atoms with van der Waals surface area (Å²) in [7, 11) is 0. The Hall–Kier alpha value is -4.46. The third kappa shape index (κ3) is 4.22. The Labute approximate surface area is 207 Å². The summed E-state index contributed by atoms with van der Waals surface area (Å²) in [5.41, 5.74) is 4.02. The minimum Gasteiger partial charge on any atom is -0.355 e. The molecule has 0 bridgehead atoms. The molecule has 0 atom stereocenters. The third-order valence-electron chi connectivity index (χ3n) is 6.82. The monoisotopic (exact) mass is 479 g/mol. The third-order valence-corrected chi connectivity index (χ3v) is 6.82. The van der Waals surface area contributed by atoms with Gasteiger partial charge < -0.3 is 19.7 Å². The molecule has 1 aliphatic rings. The molecule has 3 aromatic carbocycles. The summed E-state index contributed by atoms with van der Waals surface area (Å²) in [6, 6.07) is 22.8. The molecule has 1 aliphatic heterocycles. The molecule has 36 heavy (non-hydrogen) atoms. The van der Waals surface area contributed by atoms with E-state index >= 15 is 0 Å². The molecular weight excluding hydrogens is 454 g/mol. The molecule has 180 valence electrons. The molecule has 8 heteroatoms. The van der Waals surface area contributed by atoms with Gasteiger partial charge in [-0.3, -0.25) is 9.59 Å². The van der Waals surface area contributed by atoms with E-state index in [0.717, 1.165) is 40.6 Å². The van der Waals surface area contributed by atoms with Crippen LogP contribution in [0, 0.1) is 0 Å². The van der Waals surface area contributed by atoms with Gasteiger partial charge in [0.1, 0.15) is 11.3 Å². The average molecular weight is 480 g/mol. The lowest BCUT2D eigenvalue weighted by molar-refractivity contribution is -0.131. The highest BCUT2D eigenvalue weighted by molar-refractivity contribution is 6.02. The molecule has 1 fully saturated rings. The predicted octanol–water partition coefficient (Wildman–Crippen LogP) is 4.51. The number of nitrogens with zero attached hydrogens (tertiary/aromatic N) is 3. The lowest BCUT2D eigenvalue weighted by Gasteiger charge is -2.31. The summed E-state index contributed by atoms with van der Waals surface area (Å²) >= 11 is 0. The number of H-pyrrole nitrogens is 1. The molecular formula is C28H25N5O3. The van der Waals surface area contributed by atoms with Crippen molar-refractivity contribution >= 4 is 33.8 Å². The standard InChI is InChI=1S/C28H25N5O3/c34-25(33-14-12-19(13-15-33)27-30-23-8-4-5-9-24(23)31-27)17-29-28(35)20-10-11-22-21(16-20)26(36-32-22)18-6-2-1-3-7-18/h1-11,16,19H,12-15,17H2,(H,29,35)(H,30,31). The second-order valence-electron chi connectivity index (χ2n) is 9.09. The zero-order valence-corrected chi connectivity index (χ0v) is 19.6. The van der Waals surface area contributed by atoms with Crippen molar-refractivity contribution in [2.75, 3.05) is 19.6 Å². The van der Waals surface area contributed by atoms with E-state index in [9.17, 15) is 9.59 Å². The van der Waals surface area contributed by atoms with E-state index in [2.05, 4.69) is 15.5 Å². The molecule has 2 amide bonds. The van der Waals surface area contributed by atoms with E-state index in [1.165, 1.54) is 0 Å². The number of benzene rings is 3. The van der Waals surface area contributed by atoms with Crippen molar-refractivity contribution in [3.8, 4) is 11.3 Å². The van der Waals surface area contributed by atoms with Gasteiger partial charge in [-0.15, -0.1) is 0 Å². The summed E-state index contributed by atoms with van der Waals surface area (Å²) in [5, 5.41) is 7.63. The van der Waals surface area contributed by atoms with Gasteiger partial charge >= 0.3 is 0 Å². The fourth-order valence-corrected chi connectivity index (χ4v) is 4.82. The van der Waals surface area contributed by atoms with E-state index in [1.54, 1.807) is 18.2 Å². The Morgan fingerprint density at radius 1 is 0.972 bits per heavy atom. The maximum atomic E-state index is 12.8. The van der Waals surface area contributed by atoms with E-state index in [-0.39, 0.29) is 18.4 Å². The van der Waals surface area contributed by atoms with Crippen LogP contribution in [0.15, 0.2) is 77.3 Å². The van der Waals surface area contributed by atoms with Crippen LogP contribution in [0.3, 0.4) is 0 Å². The summed E-state index contributed by atoms with van der Waals surface area (Å²) in [5.74, 6) is 1.51. The zero-order valence-electron chi connectivity index (χ0n) is 19.6. The Kier molecular flexibility index (Phi) is 5.69. The second kappa shape index (κ2) is 9.30. The second-order valence-corrected chi connectivity index (χ2v) is 9.09. The van der Waals surface area contributed by atoms with Crippen LogP contribution in [0.5, 0.6) is 0 Å². The van der Waals surface area contributed by atoms with Gasteiger partial charge in [0.2, 0.25) is 5.91 Å². The number of aromatic nitrogens is 3. The van der Waals surface area contributed by atoms with Crippen molar-refractivity contribution in [3.63, 3.8) is 0 Å². The number of amides is 2. The number of hydrogen-bond acceptors (Lipinski definition) is 5. The normalized spacial score (nSPS) is 14.4. The van der Waals surface area contributed by atoms with Gasteiger partial charge in [-0.25, -0.2) is 4.98 Å². The number of rotatable bonds is 5. The molecule has 0 aliphatic carbocycles. The number of imidazole rings is 1. The van der Waals surface area contributed by atoms with E-state index in [0.29, 0.717) is 35.8 Å². The van der Waals surface area contributed by atoms with Crippen LogP contribution in [0.25, 0.3) is 33.3 Å². The molecule has 1 saturated heterocycles. The predicted molar refractivity (Wildman–Crippen MR) is 136 cm³/mol. The molecule has 0 spiro atoms. The smallest absolute Gasteiger partial charge is 0.251 e. The van der Waals surface area contributed by atoms with Crippen molar-refractivity contribution in [3.05, 3.63) is 84.2 Å². The first-order valence-corrected chi connectivity index (χ1v) is 12.1. The number of carbonyl (C=O) groups excluding carboxylic acids is 2.